The lowest BCUT2D eigenvalue weighted by Crippen LogP contribution is -2.19. The third-order valence-corrected chi connectivity index (χ3v) is 3.85. The van der Waals surface area contributed by atoms with Crippen molar-refractivity contribution >= 4 is 11.6 Å². The lowest BCUT2D eigenvalue weighted by Gasteiger charge is -2.17. The van der Waals surface area contributed by atoms with Crippen LogP contribution in [-0.4, -0.2) is 15.5 Å². The summed E-state index contributed by atoms with van der Waals surface area (Å²) < 4.78 is 2.27. The van der Waals surface area contributed by atoms with Gasteiger partial charge in [-0.1, -0.05) is 32.9 Å². The Labute approximate surface area is 131 Å². The number of nitrogens with zero attached hydrogens (tertiary/aromatic N) is 2. The number of anilines is 1. The van der Waals surface area contributed by atoms with Crippen molar-refractivity contribution in [1.82, 2.24) is 9.55 Å². The molecule has 1 N–H and O–H groups in total. The predicted octanol–water partition coefficient (Wildman–Crippen LogP) is 3.87. The Morgan fingerprint density at radius 1 is 1.36 bits per heavy atom. The first-order valence-corrected chi connectivity index (χ1v) is 7.87. The molecule has 0 spiro atoms. The number of fused-ring (bicyclic) bond motifs is 1. The number of hydrogen-bond acceptors (Lipinski definition) is 2. The van der Waals surface area contributed by atoms with E-state index in [0.717, 1.165) is 42.2 Å². The standard InChI is InChI=1S/C18H23N3O/c1-18(2,3)11-17(22)20-14-7-4-6-13(10-14)15-12-19-16-8-5-9-21(15)16/h4,6-7,10,12H,5,8-9,11H2,1-3H3,(H,20,22). The van der Waals surface area contributed by atoms with E-state index in [1.807, 2.05) is 24.4 Å². The Hall–Kier alpha value is -2.10. The predicted molar refractivity (Wildman–Crippen MR) is 88.7 cm³/mol. The molecule has 0 fully saturated rings. The molecule has 1 amide bonds. The first kappa shape index (κ1) is 14.8. The average Bonchev–Trinajstić information content (AvgIpc) is 2.98. The van der Waals surface area contributed by atoms with E-state index in [1.165, 1.54) is 0 Å². The summed E-state index contributed by atoms with van der Waals surface area (Å²) >= 11 is 0. The maximum absolute atomic E-state index is 12.1. The number of benzene rings is 1. The quantitative estimate of drug-likeness (QED) is 0.934. The maximum Gasteiger partial charge on any atom is 0.224 e. The van der Waals surface area contributed by atoms with E-state index >= 15 is 0 Å². The number of imidazole rings is 1. The van der Waals surface area contributed by atoms with Gasteiger partial charge in [-0.25, -0.2) is 4.98 Å². The Morgan fingerprint density at radius 3 is 2.95 bits per heavy atom. The second kappa shape index (κ2) is 5.59. The molecule has 1 aromatic heterocycles. The highest BCUT2D eigenvalue weighted by molar-refractivity contribution is 5.91. The smallest absolute Gasteiger partial charge is 0.224 e. The molecule has 0 aliphatic carbocycles. The molecule has 1 aliphatic rings. The van der Waals surface area contributed by atoms with Crippen molar-refractivity contribution in [2.24, 2.45) is 5.41 Å². The molecule has 0 saturated carbocycles. The molecule has 0 unspecified atom stereocenters. The fourth-order valence-corrected chi connectivity index (χ4v) is 2.93. The van der Waals surface area contributed by atoms with Crippen LogP contribution in [0.4, 0.5) is 5.69 Å². The zero-order valence-electron chi connectivity index (χ0n) is 13.5. The molecule has 4 nitrogen and oxygen atoms in total. The Morgan fingerprint density at radius 2 is 2.18 bits per heavy atom. The van der Waals surface area contributed by atoms with Gasteiger partial charge in [-0.15, -0.1) is 0 Å². The van der Waals surface area contributed by atoms with E-state index in [1.54, 1.807) is 0 Å². The third-order valence-electron chi connectivity index (χ3n) is 3.85. The van der Waals surface area contributed by atoms with Crippen LogP contribution in [0.1, 0.15) is 39.4 Å². The van der Waals surface area contributed by atoms with Gasteiger partial charge in [0.2, 0.25) is 5.91 Å². The molecule has 0 saturated heterocycles. The number of aryl methyl sites for hydroxylation is 1. The molecule has 0 atom stereocenters. The Bertz CT molecular complexity index is 695. The molecule has 4 heteroatoms. The normalized spacial score (nSPS) is 14.0. The Kier molecular flexibility index (Phi) is 3.77. The summed E-state index contributed by atoms with van der Waals surface area (Å²) in [6.45, 7) is 7.24. The summed E-state index contributed by atoms with van der Waals surface area (Å²) in [7, 11) is 0. The summed E-state index contributed by atoms with van der Waals surface area (Å²) in [6, 6.07) is 8.02. The van der Waals surface area contributed by atoms with Crippen LogP contribution in [0.25, 0.3) is 11.3 Å². The molecular weight excluding hydrogens is 274 g/mol. The van der Waals surface area contributed by atoms with Crippen LogP contribution < -0.4 is 5.32 Å². The summed E-state index contributed by atoms with van der Waals surface area (Å²) in [6.07, 6.45) is 4.67. The van der Waals surface area contributed by atoms with Gasteiger partial charge in [0.15, 0.2) is 0 Å². The summed E-state index contributed by atoms with van der Waals surface area (Å²) in [5, 5.41) is 3.00. The maximum atomic E-state index is 12.1. The van der Waals surface area contributed by atoms with E-state index in [-0.39, 0.29) is 11.3 Å². The fourth-order valence-electron chi connectivity index (χ4n) is 2.93. The van der Waals surface area contributed by atoms with Crippen molar-refractivity contribution < 1.29 is 4.79 Å². The van der Waals surface area contributed by atoms with Gasteiger partial charge in [0.05, 0.1) is 11.9 Å². The third kappa shape index (κ3) is 3.21. The largest absolute Gasteiger partial charge is 0.328 e. The van der Waals surface area contributed by atoms with Crippen molar-refractivity contribution in [2.45, 2.75) is 46.6 Å². The molecule has 116 valence electrons. The zero-order chi connectivity index (χ0) is 15.7. The van der Waals surface area contributed by atoms with Crippen molar-refractivity contribution in [3.8, 4) is 11.3 Å². The minimum Gasteiger partial charge on any atom is -0.328 e. The number of rotatable bonds is 3. The average molecular weight is 297 g/mol. The molecular formula is C18H23N3O. The number of nitrogens with one attached hydrogen (secondary N) is 1. The van der Waals surface area contributed by atoms with E-state index in [2.05, 4.69) is 41.7 Å². The van der Waals surface area contributed by atoms with E-state index in [9.17, 15) is 4.79 Å². The minimum absolute atomic E-state index is 0.00599. The summed E-state index contributed by atoms with van der Waals surface area (Å²) in [5.41, 5.74) is 3.09. The summed E-state index contributed by atoms with van der Waals surface area (Å²) in [4.78, 5) is 16.6. The highest BCUT2D eigenvalue weighted by atomic mass is 16.1. The highest BCUT2D eigenvalue weighted by Gasteiger charge is 2.18. The second-order valence-corrected chi connectivity index (χ2v) is 7.18. The molecule has 2 heterocycles. The van der Waals surface area contributed by atoms with Gasteiger partial charge in [-0.05, 0) is 24.0 Å². The summed E-state index contributed by atoms with van der Waals surface area (Å²) in [5.74, 6) is 1.22. The SMILES string of the molecule is CC(C)(C)CC(=O)Nc1cccc(-c2cnc3n2CCC3)c1. The van der Waals surface area contributed by atoms with Crippen LogP contribution in [0, 0.1) is 5.41 Å². The molecule has 1 aromatic carbocycles. The molecule has 1 aliphatic heterocycles. The van der Waals surface area contributed by atoms with Crippen molar-refractivity contribution in [2.75, 3.05) is 5.32 Å². The molecule has 3 rings (SSSR count). The van der Waals surface area contributed by atoms with Crippen LogP contribution in [0.15, 0.2) is 30.5 Å². The highest BCUT2D eigenvalue weighted by Crippen LogP contribution is 2.27. The van der Waals surface area contributed by atoms with Gasteiger partial charge in [-0.3, -0.25) is 4.79 Å². The second-order valence-electron chi connectivity index (χ2n) is 7.18. The number of aromatic nitrogens is 2. The number of carbonyl (C=O) groups excluding carboxylic acids is 1. The lowest BCUT2D eigenvalue weighted by molar-refractivity contribution is -0.117. The van der Waals surface area contributed by atoms with Crippen molar-refractivity contribution in [3.63, 3.8) is 0 Å². The van der Waals surface area contributed by atoms with E-state index in [4.69, 9.17) is 0 Å². The Balaban J connectivity index is 1.80. The first-order valence-electron chi connectivity index (χ1n) is 7.87. The van der Waals surface area contributed by atoms with E-state index in [0.29, 0.717) is 6.42 Å². The van der Waals surface area contributed by atoms with Crippen molar-refractivity contribution in [1.29, 1.82) is 0 Å². The van der Waals surface area contributed by atoms with Gasteiger partial charge in [0.25, 0.3) is 0 Å². The van der Waals surface area contributed by atoms with Gasteiger partial charge in [-0.2, -0.15) is 0 Å². The van der Waals surface area contributed by atoms with Crippen LogP contribution in [0.5, 0.6) is 0 Å². The van der Waals surface area contributed by atoms with Gasteiger partial charge < -0.3 is 9.88 Å². The van der Waals surface area contributed by atoms with E-state index < -0.39 is 0 Å². The van der Waals surface area contributed by atoms with Gasteiger partial charge in [0, 0.05) is 30.6 Å². The topological polar surface area (TPSA) is 46.9 Å². The monoisotopic (exact) mass is 297 g/mol. The fraction of sp³-hybridized carbons (Fsp3) is 0.444. The molecule has 2 aromatic rings. The van der Waals surface area contributed by atoms with Crippen LogP contribution in [0.3, 0.4) is 0 Å². The number of amides is 1. The number of hydrogen-bond donors (Lipinski definition) is 1. The van der Waals surface area contributed by atoms with Crippen molar-refractivity contribution in [3.05, 3.63) is 36.3 Å². The van der Waals surface area contributed by atoms with Crippen LogP contribution in [-0.2, 0) is 17.8 Å². The first-order chi connectivity index (χ1) is 10.4. The lowest BCUT2D eigenvalue weighted by atomic mass is 9.92. The molecule has 0 bridgehead atoms. The van der Waals surface area contributed by atoms with Gasteiger partial charge in [0.1, 0.15) is 5.82 Å². The minimum atomic E-state index is -0.00599. The van der Waals surface area contributed by atoms with Gasteiger partial charge >= 0.3 is 0 Å². The van der Waals surface area contributed by atoms with Crippen LogP contribution >= 0.6 is 0 Å². The zero-order valence-corrected chi connectivity index (χ0v) is 13.5. The number of carbonyl (C=O) groups is 1. The van der Waals surface area contributed by atoms with Crippen LogP contribution in [0.2, 0.25) is 0 Å². The molecule has 0 radical (unpaired) electrons. The molecule has 22 heavy (non-hydrogen) atoms.